The van der Waals surface area contributed by atoms with Crippen LogP contribution in [0, 0.1) is 5.92 Å². The van der Waals surface area contributed by atoms with Gasteiger partial charge in [-0.15, -0.1) is 0 Å². The Morgan fingerprint density at radius 3 is 2.42 bits per heavy atom. The molecule has 1 saturated heterocycles. The molecule has 0 aromatic heterocycles. The van der Waals surface area contributed by atoms with E-state index in [9.17, 15) is 14.4 Å². The van der Waals surface area contributed by atoms with Gasteiger partial charge < -0.3 is 9.47 Å². The van der Waals surface area contributed by atoms with Crippen LogP contribution in [0.4, 0.5) is 5.69 Å². The van der Waals surface area contributed by atoms with Gasteiger partial charge in [-0.05, 0) is 37.1 Å². The number of carbonyl (C=O) groups is 3. The Balaban J connectivity index is 1.49. The van der Waals surface area contributed by atoms with Gasteiger partial charge in [0.05, 0.1) is 30.6 Å². The summed E-state index contributed by atoms with van der Waals surface area (Å²) in [5, 5.41) is 0. The second kappa shape index (κ2) is 6.97. The quantitative estimate of drug-likeness (QED) is 0.454. The average molecular weight is 329 g/mol. The highest BCUT2D eigenvalue weighted by atomic mass is 16.5. The first kappa shape index (κ1) is 16.4. The molecule has 0 radical (unpaired) electrons. The molecule has 2 heterocycles. The van der Waals surface area contributed by atoms with Crippen molar-refractivity contribution in [2.45, 2.75) is 25.9 Å². The van der Waals surface area contributed by atoms with Crippen LogP contribution < -0.4 is 4.90 Å². The first-order valence-electron chi connectivity index (χ1n) is 8.01. The minimum atomic E-state index is -0.415. The molecule has 0 spiro atoms. The topological polar surface area (TPSA) is 72.9 Å². The Labute approximate surface area is 140 Å². The van der Waals surface area contributed by atoms with Crippen LogP contribution in [0.2, 0.25) is 0 Å². The number of imide groups is 1. The van der Waals surface area contributed by atoms with Crippen LogP contribution in [-0.4, -0.2) is 37.1 Å². The number of amides is 2. The molecule has 1 aromatic rings. The van der Waals surface area contributed by atoms with E-state index in [0.29, 0.717) is 23.8 Å². The zero-order valence-corrected chi connectivity index (χ0v) is 13.4. The molecule has 0 bridgehead atoms. The van der Waals surface area contributed by atoms with Gasteiger partial charge >= 0.3 is 5.97 Å². The summed E-state index contributed by atoms with van der Waals surface area (Å²) in [6, 6.07) is 6.22. The summed E-state index contributed by atoms with van der Waals surface area (Å²) in [6.07, 6.45) is 4.38. The maximum absolute atomic E-state index is 12.0. The summed E-state index contributed by atoms with van der Waals surface area (Å²) in [6.45, 7) is 3.31. The van der Waals surface area contributed by atoms with E-state index in [2.05, 4.69) is 6.92 Å². The second-order valence-electron chi connectivity index (χ2n) is 6.02. The Morgan fingerprint density at radius 1 is 1.21 bits per heavy atom. The number of hydrogen-bond acceptors (Lipinski definition) is 5. The summed E-state index contributed by atoms with van der Waals surface area (Å²) in [5.41, 5.74) is 0.821. The summed E-state index contributed by atoms with van der Waals surface area (Å²) >= 11 is 0. The lowest BCUT2D eigenvalue weighted by atomic mass is 9.96. The predicted molar refractivity (Wildman–Crippen MR) is 86.5 cm³/mol. The molecule has 0 aliphatic carbocycles. The van der Waals surface area contributed by atoms with Crippen molar-refractivity contribution in [3.8, 4) is 0 Å². The molecule has 2 unspecified atom stereocenters. The number of hydrogen-bond donors (Lipinski definition) is 0. The normalized spacial score (nSPS) is 22.6. The number of esters is 1. The van der Waals surface area contributed by atoms with Crippen molar-refractivity contribution in [2.75, 3.05) is 18.1 Å². The Bertz CT molecular complexity index is 661. The first-order valence-corrected chi connectivity index (χ1v) is 8.01. The van der Waals surface area contributed by atoms with Crippen LogP contribution in [0.25, 0.3) is 0 Å². The molecular weight excluding hydrogens is 310 g/mol. The molecular formula is C18H19NO5. The van der Waals surface area contributed by atoms with E-state index in [1.54, 1.807) is 24.3 Å². The highest BCUT2D eigenvalue weighted by Crippen LogP contribution is 2.24. The van der Waals surface area contributed by atoms with Crippen LogP contribution in [0.5, 0.6) is 0 Å². The van der Waals surface area contributed by atoms with E-state index in [1.807, 2.05) is 0 Å². The molecule has 6 nitrogen and oxygen atoms in total. The monoisotopic (exact) mass is 329 g/mol. The second-order valence-corrected chi connectivity index (χ2v) is 6.02. The molecule has 0 N–H and O–H groups in total. The van der Waals surface area contributed by atoms with Crippen LogP contribution >= 0.6 is 0 Å². The maximum Gasteiger partial charge on any atom is 0.338 e. The van der Waals surface area contributed by atoms with Crippen molar-refractivity contribution in [3.63, 3.8) is 0 Å². The smallest absolute Gasteiger partial charge is 0.338 e. The SMILES string of the molecule is CC1COC1CCCOC(=O)c1ccc(N2C(=O)C=CC2=O)cc1. The Hall–Kier alpha value is -2.47. The number of anilines is 1. The third-order valence-electron chi connectivity index (χ3n) is 4.24. The van der Waals surface area contributed by atoms with Crippen LogP contribution in [-0.2, 0) is 19.1 Å². The molecule has 2 amide bonds. The van der Waals surface area contributed by atoms with Crippen LogP contribution in [0.1, 0.15) is 30.1 Å². The number of ether oxygens (including phenoxy) is 2. The van der Waals surface area contributed by atoms with Gasteiger partial charge in [0.1, 0.15) is 0 Å². The van der Waals surface area contributed by atoms with Crippen LogP contribution in [0.15, 0.2) is 36.4 Å². The third-order valence-corrected chi connectivity index (χ3v) is 4.24. The molecule has 2 aliphatic heterocycles. The Kier molecular flexibility index (Phi) is 4.76. The van der Waals surface area contributed by atoms with Crippen molar-refractivity contribution in [2.24, 2.45) is 5.92 Å². The number of nitrogens with zero attached hydrogens (tertiary/aromatic N) is 1. The molecule has 3 rings (SSSR count). The zero-order valence-electron chi connectivity index (χ0n) is 13.4. The summed E-state index contributed by atoms with van der Waals surface area (Å²) < 4.78 is 10.6. The lowest BCUT2D eigenvalue weighted by molar-refractivity contribution is -0.119. The first-order chi connectivity index (χ1) is 11.6. The van der Waals surface area contributed by atoms with Gasteiger partial charge in [0.2, 0.25) is 0 Å². The summed E-state index contributed by atoms with van der Waals surface area (Å²) in [4.78, 5) is 36.2. The molecule has 2 aliphatic rings. The van der Waals surface area contributed by atoms with Crippen molar-refractivity contribution in [3.05, 3.63) is 42.0 Å². The molecule has 24 heavy (non-hydrogen) atoms. The fourth-order valence-electron chi connectivity index (χ4n) is 2.73. The third kappa shape index (κ3) is 3.38. The maximum atomic E-state index is 12.0. The van der Waals surface area contributed by atoms with Crippen LogP contribution in [0.3, 0.4) is 0 Å². The van der Waals surface area contributed by atoms with Crippen molar-refractivity contribution in [1.82, 2.24) is 0 Å². The van der Waals surface area contributed by atoms with E-state index in [1.165, 1.54) is 12.2 Å². The van der Waals surface area contributed by atoms with Crippen molar-refractivity contribution < 1.29 is 23.9 Å². The van der Waals surface area contributed by atoms with Gasteiger partial charge in [-0.25, -0.2) is 9.69 Å². The lowest BCUT2D eigenvalue weighted by Crippen LogP contribution is -2.37. The predicted octanol–water partition coefficient (Wildman–Crippen LogP) is 2.09. The Morgan fingerprint density at radius 2 is 1.88 bits per heavy atom. The highest BCUT2D eigenvalue weighted by molar-refractivity contribution is 6.28. The van der Waals surface area contributed by atoms with Crippen molar-refractivity contribution in [1.29, 1.82) is 0 Å². The number of benzene rings is 1. The highest BCUT2D eigenvalue weighted by Gasteiger charge is 2.27. The summed E-state index contributed by atoms with van der Waals surface area (Å²) in [7, 11) is 0. The minimum Gasteiger partial charge on any atom is -0.462 e. The molecule has 0 saturated carbocycles. The fourth-order valence-corrected chi connectivity index (χ4v) is 2.73. The van der Waals surface area contributed by atoms with Gasteiger partial charge in [0, 0.05) is 18.1 Å². The van der Waals surface area contributed by atoms with Crippen molar-refractivity contribution >= 4 is 23.5 Å². The number of carbonyl (C=O) groups excluding carboxylic acids is 3. The van der Waals surface area contributed by atoms with E-state index in [-0.39, 0.29) is 17.9 Å². The average Bonchev–Trinajstić information content (AvgIpc) is 2.91. The van der Waals surface area contributed by atoms with Gasteiger partial charge in [0.15, 0.2) is 0 Å². The van der Waals surface area contributed by atoms with E-state index < -0.39 is 5.97 Å². The number of rotatable bonds is 6. The molecule has 126 valence electrons. The zero-order chi connectivity index (χ0) is 17.1. The lowest BCUT2D eigenvalue weighted by Gasteiger charge is -2.34. The van der Waals surface area contributed by atoms with E-state index in [0.717, 1.165) is 24.3 Å². The molecule has 6 heteroatoms. The molecule has 1 fully saturated rings. The standard InChI is InChI=1S/C18H19NO5/c1-12-11-24-15(12)3-2-10-23-18(22)13-4-6-14(7-5-13)19-16(20)8-9-17(19)21/h4-9,12,15H,2-3,10-11H2,1H3. The van der Waals surface area contributed by atoms with Gasteiger partial charge in [-0.1, -0.05) is 6.92 Å². The van der Waals surface area contributed by atoms with E-state index >= 15 is 0 Å². The minimum absolute atomic E-state index is 0.284. The molecule has 2 atom stereocenters. The van der Waals surface area contributed by atoms with E-state index in [4.69, 9.17) is 9.47 Å². The molecule has 1 aromatic carbocycles. The van der Waals surface area contributed by atoms with Gasteiger partial charge in [-0.3, -0.25) is 9.59 Å². The largest absolute Gasteiger partial charge is 0.462 e. The van der Waals surface area contributed by atoms with Gasteiger partial charge in [-0.2, -0.15) is 0 Å². The van der Waals surface area contributed by atoms with Gasteiger partial charge in [0.25, 0.3) is 11.8 Å². The fraction of sp³-hybridized carbons (Fsp3) is 0.389. The summed E-state index contributed by atoms with van der Waals surface area (Å²) in [5.74, 6) is -0.606.